The average molecular weight is 203 g/mol. The van der Waals surface area contributed by atoms with Gasteiger partial charge in [0.25, 0.3) is 0 Å². The van der Waals surface area contributed by atoms with E-state index < -0.39 is 0 Å². The van der Waals surface area contributed by atoms with Gasteiger partial charge in [-0.1, -0.05) is 18.2 Å². The lowest BCUT2D eigenvalue weighted by Gasteiger charge is -1.99. The summed E-state index contributed by atoms with van der Waals surface area (Å²) < 4.78 is 5.46. The van der Waals surface area contributed by atoms with Crippen molar-refractivity contribution in [3.8, 4) is 5.75 Å². The third-order valence-electron chi connectivity index (χ3n) is 2.58. The van der Waals surface area contributed by atoms with Gasteiger partial charge < -0.3 is 10.1 Å². The third kappa shape index (κ3) is 2.60. The highest BCUT2D eigenvalue weighted by molar-refractivity contribution is 5.54. The van der Waals surface area contributed by atoms with E-state index >= 15 is 0 Å². The van der Waals surface area contributed by atoms with Crippen LogP contribution in [0.2, 0.25) is 0 Å². The molecule has 1 aliphatic rings. The van der Waals surface area contributed by atoms with E-state index in [-0.39, 0.29) is 0 Å². The van der Waals surface area contributed by atoms with Crippen molar-refractivity contribution < 1.29 is 4.74 Å². The average Bonchev–Trinajstić information content (AvgIpc) is 2.71. The fourth-order valence-corrected chi connectivity index (χ4v) is 1.76. The first kappa shape index (κ1) is 10.2. The van der Waals surface area contributed by atoms with E-state index in [0.29, 0.717) is 0 Å². The molecule has 0 radical (unpaired) electrons. The minimum absolute atomic E-state index is 0.836. The van der Waals surface area contributed by atoms with Gasteiger partial charge in [0, 0.05) is 6.42 Å². The summed E-state index contributed by atoms with van der Waals surface area (Å²) in [7, 11) is 1.97. The number of fused-ring (bicyclic) bond motifs is 1. The van der Waals surface area contributed by atoms with Gasteiger partial charge in [-0.25, -0.2) is 0 Å². The normalized spacial score (nSPS) is 14.2. The molecule has 0 saturated carbocycles. The molecule has 2 heteroatoms. The van der Waals surface area contributed by atoms with Crippen LogP contribution in [0.15, 0.2) is 24.3 Å². The Balaban J connectivity index is 2.00. The Labute approximate surface area is 91.0 Å². The van der Waals surface area contributed by atoms with Gasteiger partial charge in [0.1, 0.15) is 5.75 Å². The minimum atomic E-state index is 0.836. The Hall–Kier alpha value is -1.28. The van der Waals surface area contributed by atoms with Crippen molar-refractivity contribution in [2.45, 2.75) is 12.8 Å². The van der Waals surface area contributed by atoms with Crippen molar-refractivity contribution >= 4 is 6.08 Å². The molecule has 0 amide bonds. The molecule has 0 saturated heterocycles. The summed E-state index contributed by atoms with van der Waals surface area (Å²) in [6.45, 7) is 1.87. The maximum absolute atomic E-state index is 5.46. The molecule has 0 spiro atoms. The highest BCUT2D eigenvalue weighted by atomic mass is 16.5. The van der Waals surface area contributed by atoms with Gasteiger partial charge in [0.05, 0.1) is 6.61 Å². The van der Waals surface area contributed by atoms with Gasteiger partial charge in [-0.2, -0.15) is 0 Å². The molecule has 1 aromatic rings. The van der Waals surface area contributed by atoms with Gasteiger partial charge in [-0.05, 0) is 43.3 Å². The van der Waals surface area contributed by atoms with E-state index in [9.17, 15) is 0 Å². The van der Waals surface area contributed by atoms with E-state index in [1.54, 1.807) is 0 Å². The lowest BCUT2D eigenvalue weighted by molar-refractivity contribution is 0.357. The van der Waals surface area contributed by atoms with Gasteiger partial charge in [0.15, 0.2) is 0 Å². The van der Waals surface area contributed by atoms with Crippen LogP contribution >= 0.6 is 0 Å². The fraction of sp³-hybridized carbons (Fsp3) is 0.385. The van der Waals surface area contributed by atoms with Crippen LogP contribution in [0.1, 0.15) is 17.5 Å². The molecule has 15 heavy (non-hydrogen) atoms. The van der Waals surface area contributed by atoms with Crippen LogP contribution in [-0.4, -0.2) is 20.2 Å². The van der Waals surface area contributed by atoms with Crippen LogP contribution in [0.4, 0.5) is 0 Å². The smallest absolute Gasteiger partial charge is 0.122 e. The molecule has 1 aromatic carbocycles. The molecule has 0 unspecified atom stereocenters. The molecule has 1 N–H and O–H groups in total. The van der Waals surface area contributed by atoms with E-state index in [1.807, 2.05) is 7.05 Å². The quantitative estimate of drug-likeness (QED) is 0.758. The van der Waals surface area contributed by atoms with Crippen LogP contribution in [-0.2, 0) is 6.42 Å². The van der Waals surface area contributed by atoms with Gasteiger partial charge in [0.2, 0.25) is 0 Å². The minimum Gasteiger partial charge on any atom is -0.493 e. The van der Waals surface area contributed by atoms with Crippen molar-refractivity contribution in [3.63, 3.8) is 0 Å². The van der Waals surface area contributed by atoms with E-state index in [0.717, 1.165) is 31.7 Å². The summed E-state index contributed by atoms with van der Waals surface area (Å²) in [5, 5.41) is 3.12. The highest BCUT2D eigenvalue weighted by Crippen LogP contribution is 2.26. The molecule has 0 atom stereocenters. The first-order chi connectivity index (χ1) is 7.40. The summed E-state index contributed by atoms with van der Waals surface area (Å²) in [4.78, 5) is 0. The zero-order valence-corrected chi connectivity index (χ0v) is 9.12. The predicted molar refractivity (Wildman–Crippen MR) is 63.2 cm³/mol. The number of hydrogen-bond donors (Lipinski definition) is 1. The van der Waals surface area contributed by atoms with Gasteiger partial charge >= 0.3 is 0 Å². The Morgan fingerprint density at radius 1 is 1.47 bits per heavy atom. The topological polar surface area (TPSA) is 21.3 Å². The third-order valence-corrected chi connectivity index (χ3v) is 2.58. The van der Waals surface area contributed by atoms with Crippen LogP contribution in [0.5, 0.6) is 5.75 Å². The Morgan fingerprint density at radius 3 is 3.27 bits per heavy atom. The number of ether oxygens (including phenoxy) is 1. The molecule has 0 aliphatic carbocycles. The second kappa shape index (κ2) is 4.99. The first-order valence-corrected chi connectivity index (χ1v) is 5.47. The second-order valence-corrected chi connectivity index (χ2v) is 3.76. The summed E-state index contributed by atoms with van der Waals surface area (Å²) in [5.74, 6) is 1.06. The lowest BCUT2D eigenvalue weighted by atomic mass is 10.1. The molecule has 2 nitrogen and oxygen atoms in total. The van der Waals surface area contributed by atoms with Crippen LogP contribution in [0.25, 0.3) is 6.08 Å². The van der Waals surface area contributed by atoms with Crippen LogP contribution in [0, 0.1) is 0 Å². The molecule has 0 aromatic heterocycles. The molecule has 0 bridgehead atoms. The molecule has 1 heterocycles. The largest absolute Gasteiger partial charge is 0.493 e. The molecule has 1 aliphatic heterocycles. The number of nitrogens with one attached hydrogen (secondary N) is 1. The van der Waals surface area contributed by atoms with E-state index in [1.165, 1.54) is 11.1 Å². The predicted octanol–water partition coefficient (Wildman–Crippen LogP) is 2.24. The van der Waals surface area contributed by atoms with Crippen molar-refractivity contribution in [2.24, 2.45) is 0 Å². The first-order valence-electron chi connectivity index (χ1n) is 5.47. The zero-order chi connectivity index (χ0) is 10.5. The summed E-state index contributed by atoms with van der Waals surface area (Å²) in [6.07, 6.45) is 6.50. The number of hydrogen-bond acceptors (Lipinski definition) is 2. The van der Waals surface area contributed by atoms with E-state index in [2.05, 4.69) is 35.7 Å². The van der Waals surface area contributed by atoms with Crippen molar-refractivity contribution in [1.29, 1.82) is 0 Å². The Kier molecular flexibility index (Phi) is 3.41. The van der Waals surface area contributed by atoms with Gasteiger partial charge in [-0.3, -0.25) is 0 Å². The summed E-state index contributed by atoms with van der Waals surface area (Å²) in [5.41, 5.74) is 2.61. The molecular weight excluding hydrogens is 186 g/mol. The maximum Gasteiger partial charge on any atom is 0.122 e. The maximum atomic E-state index is 5.46. The molecular formula is C13H17NO. The zero-order valence-electron chi connectivity index (χ0n) is 9.12. The standard InChI is InChI=1S/C13H17NO/c1-14-8-3-2-4-11-5-6-13-12(10-11)7-9-15-13/h2,4-6,10,14H,3,7-9H2,1H3. The molecule has 2 rings (SSSR count). The number of rotatable bonds is 4. The molecule has 0 fully saturated rings. The highest BCUT2D eigenvalue weighted by Gasteiger charge is 2.10. The van der Waals surface area contributed by atoms with Gasteiger partial charge in [-0.15, -0.1) is 0 Å². The van der Waals surface area contributed by atoms with Crippen LogP contribution in [0.3, 0.4) is 0 Å². The molecule has 80 valence electrons. The SMILES string of the molecule is CNCCC=Cc1ccc2c(c1)CCO2. The Bertz CT molecular complexity index is 358. The lowest BCUT2D eigenvalue weighted by Crippen LogP contribution is -2.05. The van der Waals surface area contributed by atoms with Crippen molar-refractivity contribution in [2.75, 3.05) is 20.2 Å². The summed E-state index contributed by atoms with van der Waals surface area (Å²) >= 11 is 0. The number of benzene rings is 1. The van der Waals surface area contributed by atoms with Crippen molar-refractivity contribution in [3.05, 3.63) is 35.4 Å². The second-order valence-electron chi connectivity index (χ2n) is 3.76. The van der Waals surface area contributed by atoms with Crippen molar-refractivity contribution in [1.82, 2.24) is 5.32 Å². The Morgan fingerprint density at radius 2 is 2.40 bits per heavy atom. The van der Waals surface area contributed by atoms with Crippen LogP contribution < -0.4 is 10.1 Å². The summed E-state index contributed by atoms with van der Waals surface area (Å²) in [6, 6.07) is 6.40. The monoisotopic (exact) mass is 203 g/mol. The fourth-order valence-electron chi connectivity index (χ4n) is 1.76. The van der Waals surface area contributed by atoms with E-state index in [4.69, 9.17) is 4.74 Å².